The van der Waals surface area contributed by atoms with E-state index in [-0.39, 0.29) is 24.5 Å². The van der Waals surface area contributed by atoms with Gasteiger partial charge < -0.3 is 20.5 Å². The van der Waals surface area contributed by atoms with Gasteiger partial charge in [-0.25, -0.2) is 4.79 Å². The zero-order valence-electron chi connectivity index (χ0n) is 12.2. The number of aliphatic carboxylic acids is 1. The molecule has 2 rings (SSSR count). The van der Waals surface area contributed by atoms with Crippen LogP contribution < -0.4 is 10.6 Å². The summed E-state index contributed by atoms with van der Waals surface area (Å²) in [6.45, 7) is 1.96. The van der Waals surface area contributed by atoms with Crippen LogP contribution in [0.1, 0.15) is 30.1 Å². The Kier molecular flexibility index (Phi) is 4.77. The van der Waals surface area contributed by atoms with Gasteiger partial charge >= 0.3 is 5.97 Å². The molecule has 22 heavy (non-hydrogen) atoms. The van der Waals surface area contributed by atoms with Gasteiger partial charge in [0.05, 0.1) is 6.61 Å². The summed E-state index contributed by atoms with van der Waals surface area (Å²) in [6.07, 6.45) is 0.552. The third kappa shape index (κ3) is 3.43. The number of carbonyl (C=O) groups is 3. The van der Waals surface area contributed by atoms with E-state index in [9.17, 15) is 19.5 Å². The van der Waals surface area contributed by atoms with Gasteiger partial charge in [-0.3, -0.25) is 9.59 Å². The van der Waals surface area contributed by atoms with Gasteiger partial charge in [0.2, 0.25) is 5.91 Å². The number of rotatable bonds is 5. The van der Waals surface area contributed by atoms with Crippen molar-refractivity contribution in [2.24, 2.45) is 0 Å². The van der Waals surface area contributed by atoms with Crippen LogP contribution in [0.3, 0.4) is 0 Å². The van der Waals surface area contributed by atoms with Crippen LogP contribution in [-0.4, -0.2) is 41.6 Å². The summed E-state index contributed by atoms with van der Waals surface area (Å²) >= 11 is 0. The summed E-state index contributed by atoms with van der Waals surface area (Å²) < 4.78 is 5.10. The molecule has 0 aromatic heterocycles. The van der Waals surface area contributed by atoms with E-state index in [2.05, 4.69) is 10.6 Å². The summed E-state index contributed by atoms with van der Waals surface area (Å²) in [7, 11) is 0. The number of amides is 2. The number of hydrogen-bond donors (Lipinski definition) is 3. The summed E-state index contributed by atoms with van der Waals surface area (Å²) in [5, 5.41) is 14.5. The van der Waals surface area contributed by atoms with Crippen molar-refractivity contribution in [3.63, 3.8) is 0 Å². The van der Waals surface area contributed by atoms with Crippen LogP contribution in [0.15, 0.2) is 24.3 Å². The molecule has 1 saturated heterocycles. The zero-order chi connectivity index (χ0) is 16.2. The highest BCUT2D eigenvalue weighted by Gasteiger charge is 2.44. The molecule has 0 radical (unpaired) electrons. The lowest BCUT2D eigenvalue weighted by Gasteiger charge is -2.23. The molecule has 1 aliphatic rings. The van der Waals surface area contributed by atoms with E-state index >= 15 is 0 Å². The molecule has 1 heterocycles. The van der Waals surface area contributed by atoms with E-state index in [0.717, 1.165) is 0 Å². The van der Waals surface area contributed by atoms with Crippen molar-refractivity contribution in [1.82, 2.24) is 5.32 Å². The van der Waals surface area contributed by atoms with E-state index < -0.39 is 17.4 Å². The molecular formula is C15H18N2O5. The summed E-state index contributed by atoms with van der Waals surface area (Å²) in [5.41, 5.74) is -0.618. The first-order valence-electron chi connectivity index (χ1n) is 7.00. The van der Waals surface area contributed by atoms with Gasteiger partial charge in [0.25, 0.3) is 5.91 Å². The first kappa shape index (κ1) is 16.0. The Labute approximate surface area is 127 Å². The van der Waals surface area contributed by atoms with Gasteiger partial charge in [-0.15, -0.1) is 0 Å². The van der Waals surface area contributed by atoms with Crippen molar-refractivity contribution >= 4 is 23.5 Å². The third-order valence-electron chi connectivity index (χ3n) is 3.51. The number of nitrogens with one attached hydrogen (secondary N) is 2. The fraction of sp³-hybridized carbons (Fsp3) is 0.400. The Balaban J connectivity index is 2.14. The number of carboxylic acid groups (broad SMARTS) is 1. The Morgan fingerprint density at radius 1 is 1.36 bits per heavy atom. The lowest BCUT2D eigenvalue weighted by atomic mass is 9.98. The maximum absolute atomic E-state index is 12.3. The number of ether oxygens (including phenoxy) is 1. The smallest absolute Gasteiger partial charge is 0.331 e. The molecule has 1 aliphatic heterocycles. The van der Waals surface area contributed by atoms with Crippen LogP contribution in [0.5, 0.6) is 0 Å². The van der Waals surface area contributed by atoms with Crippen molar-refractivity contribution in [3.05, 3.63) is 29.8 Å². The first-order valence-corrected chi connectivity index (χ1v) is 7.00. The molecule has 1 aromatic carbocycles. The Bertz CT molecular complexity index is 593. The predicted octanol–water partition coefficient (Wildman–Crippen LogP) is 1.01. The molecule has 0 aliphatic carbocycles. The monoisotopic (exact) mass is 306 g/mol. The molecule has 0 bridgehead atoms. The molecule has 118 valence electrons. The number of carbonyl (C=O) groups excluding carboxylic acids is 2. The molecule has 3 N–H and O–H groups in total. The number of carboxylic acids is 1. The standard InChI is InChI=1S/C15H18N2O5/c1-2-12(18)16-11-5-3-4-10(8-11)13(19)17-15(14(20)21)6-7-22-9-15/h3-5,8H,2,6-7,9H2,1H3,(H,16,18)(H,17,19)(H,20,21). The average molecular weight is 306 g/mol. The lowest BCUT2D eigenvalue weighted by molar-refractivity contribution is -0.144. The van der Waals surface area contributed by atoms with Crippen LogP contribution in [0.2, 0.25) is 0 Å². The van der Waals surface area contributed by atoms with E-state index in [1.54, 1.807) is 25.1 Å². The molecule has 1 atom stereocenters. The van der Waals surface area contributed by atoms with Gasteiger partial charge in [0.15, 0.2) is 5.54 Å². The van der Waals surface area contributed by atoms with E-state index in [0.29, 0.717) is 18.7 Å². The summed E-state index contributed by atoms with van der Waals surface area (Å²) in [4.78, 5) is 35.0. The summed E-state index contributed by atoms with van der Waals surface area (Å²) in [6, 6.07) is 6.35. The fourth-order valence-electron chi connectivity index (χ4n) is 2.16. The second-order valence-electron chi connectivity index (χ2n) is 5.13. The highest BCUT2D eigenvalue weighted by molar-refractivity contribution is 5.99. The molecule has 1 fully saturated rings. The van der Waals surface area contributed by atoms with Crippen molar-refractivity contribution < 1.29 is 24.2 Å². The molecule has 2 amide bonds. The highest BCUT2D eigenvalue weighted by atomic mass is 16.5. The quantitative estimate of drug-likeness (QED) is 0.753. The molecule has 0 spiro atoms. The summed E-state index contributed by atoms with van der Waals surface area (Å²) in [5.74, 6) is -1.79. The predicted molar refractivity (Wildman–Crippen MR) is 78.6 cm³/mol. The lowest BCUT2D eigenvalue weighted by Crippen LogP contribution is -2.55. The van der Waals surface area contributed by atoms with E-state index in [1.165, 1.54) is 6.07 Å². The van der Waals surface area contributed by atoms with Crippen molar-refractivity contribution in [3.8, 4) is 0 Å². The van der Waals surface area contributed by atoms with Gasteiger partial charge in [0, 0.05) is 30.7 Å². The van der Waals surface area contributed by atoms with Gasteiger partial charge in [-0.1, -0.05) is 13.0 Å². The Morgan fingerprint density at radius 3 is 2.73 bits per heavy atom. The van der Waals surface area contributed by atoms with E-state index in [1.807, 2.05) is 0 Å². The second kappa shape index (κ2) is 6.57. The molecule has 7 heteroatoms. The van der Waals surface area contributed by atoms with Crippen molar-refractivity contribution in [2.45, 2.75) is 25.3 Å². The average Bonchev–Trinajstić information content (AvgIpc) is 2.97. The van der Waals surface area contributed by atoms with Crippen LogP contribution in [0, 0.1) is 0 Å². The first-order chi connectivity index (χ1) is 10.5. The van der Waals surface area contributed by atoms with Crippen molar-refractivity contribution in [1.29, 1.82) is 0 Å². The minimum absolute atomic E-state index is 0.0552. The van der Waals surface area contributed by atoms with Crippen LogP contribution in [0.4, 0.5) is 5.69 Å². The topological polar surface area (TPSA) is 105 Å². The van der Waals surface area contributed by atoms with E-state index in [4.69, 9.17) is 4.74 Å². The van der Waals surface area contributed by atoms with Gasteiger partial charge in [0.1, 0.15) is 0 Å². The van der Waals surface area contributed by atoms with Gasteiger partial charge in [-0.2, -0.15) is 0 Å². The maximum Gasteiger partial charge on any atom is 0.331 e. The van der Waals surface area contributed by atoms with Crippen molar-refractivity contribution in [2.75, 3.05) is 18.5 Å². The highest BCUT2D eigenvalue weighted by Crippen LogP contribution is 2.20. The molecule has 7 nitrogen and oxygen atoms in total. The van der Waals surface area contributed by atoms with Crippen LogP contribution in [0.25, 0.3) is 0 Å². The molecule has 1 aromatic rings. The third-order valence-corrected chi connectivity index (χ3v) is 3.51. The molecule has 0 saturated carbocycles. The SMILES string of the molecule is CCC(=O)Nc1cccc(C(=O)NC2(C(=O)O)CCOC2)c1. The minimum atomic E-state index is -1.39. The molecule has 1 unspecified atom stereocenters. The van der Waals surface area contributed by atoms with Crippen LogP contribution in [-0.2, 0) is 14.3 Å². The number of benzene rings is 1. The van der Waals surface area contributed by atoms with Gasteiger partial charge in [-0.05, 0) is 18.2 Å². The zero-order valence-corrected chi connectivity index (χ0v) is 12.2. The normalized spacial score (nSPS) is 20.4. The maximum atomic E-state index is 12.3. The minimum Gasteiger partial charge on any atom is -0.479 e. The molecular weight excluding hydrogens is 288 g/mol. The largest absolute Gasteiger partial charge is 0.479 e. The Hall–Kier alpha value is -2.41. The fourth-order valence-corrected chi connectivity index (χ4v) is 2.16. The van der Waals surface area contributed by atoms with Crippen LogP contribution >= 0.6 is 0 Å². The second-order valence-corrected chi connectivity index (χ2v) is 5.13. The Morgan fingerprint density at radius 2 is 2.14 bits per heavy atom. The number of anilines is 1. The number of hydrogen-bond acceptors (Lipinski definition) is 4.